The number of hydrogen-bond donors (Lipinski definition) is 2. The summed E-state index contributed by atoms with van der Waals surface area (Å²) in [5.74, 6) is -1.55. The van der Waals surface area contributed by atoms with Gasteiger partial charge in [-0.1, -0.05) is 12.1 Å². The fraction of sp³-hybridized carbons (Fsp3) is 0.364. The lowest BCUT2D eigenvalue weighted by atomic mass is 9.89. The first-order valence-corrected chi connectivity index (χ1v) is 4.87. The fourth-order valence-corrected chi connectivity index (χ4v) is 2.00. The van der Waals surface area contributed by atoms with E-state index in [2.05, 4.69) is 5.32 Å². The number of rotatable bonds is 2. The molecule has 0 saturated carbocycles. The van der Waals surface area contributed by atoms with Gasteiger partial charge in [0.05, 0.1) is 5.92 Å². The molecule has 0 unspecified atom stereocenters. The van der Waals surface area contributed by atoms with Crippen LogP contribution in [0.2, 0.25) is 0 Å². The van der Waals surface area contributed by atoms with Crippen LogP contribution in [-0.4, -0.2) is 24.2 Å². The van der Waals surface area contributed by atoms with Crippen LogP contribution in [0, 0.1) is 11.7 Å². The SMILES string of the molecule is Cl.O=C(O)[C@H]1CNC[C@@H]1c1ccc(F)cc1. The number of nitrogens with one attached hydrogen (secondary N) is 1. The summed E-state index contributed by atoms with van der Waals surface area (Å²) in [5, 5.41) is 12.0. The zero-order valence-electron chi connectivity index (χ0n) is 8.52. The van der Waals surface area contributed by atoms with Gasteiger partial charge in [0.25, 0.3) is 0 Å². The molecule has 1 heterocycles. The number of carboxylic acids is 1. The molecule has 16 heavy (non-hydrogen) atoms. The highest BCUT2D eigenvalue weighted by molar-refractivity contribution is 5.85. The molecule has 1 aliphatic rings. The zero-order chi connectivity index (χ0) is 10.8. The molecule has 5 heteroatoms. The van der Waals surface area contributed by atoms with Crippen molar-refractivity contribution in [2.75, 3.05) is 13.1 Å². The molecule has 2 N–H and O–H groups in total. The number of benzene rings is 1. The summed E-state index contributed by atoms with van der Waals surface area (Å²) < 4.78 is 12.7. The Labute approximate surface area is 99.1 Å². The molecule has 0 amide bonds. The van der Waals surface area contributed by atoms with Gasteiger partial charge in [-0.05, 0) is 17.7 Å². The number of hydrogen-bond acceptors (Lipinski definition) is 2. The molecule has 0 radical (unpaired) electrons. The first-order valence-electron chi connectivity index (χ1n) is 4.87. The second-order valence-electron chi connectivity index (χ2n) is 3.76. The highest BCUT2D eigenvalue weighted by Crippen LogP contribution is 2.28. The Kier molecular flexibility index (Phi) is 4.26. The van der Waals surface area contributed by atoms with Crippen molar-refractivity contribution >= 4 is 18.4 Å². The molecule has 1 aromatic carbocycles. The molecule has 2 atom stereocenters. The van der Waals surface area contributed by atoms with Crippen molar-refractivity contribution in [3.63, 3.8) is 0 Å². The van der Waals surface area contributed by atoms with E-state index >= 15 is 0 Å². The maximum Gasteiger partial charge on any atom is 0.308 e. The summed E-state index contributed by atoms with van der Waals surface area (Å²) in [7, 11) is 0. The summed E-state index contributed by atoms with van der Waals surface area (Å²) >= 11 is 0. The van der Waals surface area contributed by atoms with E-state index in [1.54, 1.807) is 12.1 Å². The fourth-order valence-electron chi connectivity index (χ4n) is 2.00. The minimum atomic E-state index is -0.797. The lowest BCUT2D eigenvalue weighted by molar-refractivity contribution is -0.141. The molecule has 0 bridgehead atoms. The third kappa shape index (κ3) is 2.51. The van der Waals surface area contributed by atoms with Crippen LogP contribution in [0.15, 0.2) is 24.3 Å². The van der Waals surface area contributed by atoms with Crippen LogP contribution >= 0.6 is 12.4 Å². The Morgan fingerprint density at radius 1 is 1.31 bits per heavy atom. The van der Waals surface area contributed by atoms with Crippen molar-refractivity contribution in [3.8, 4) is 0 Å². The summed E-state index contributed by atoms with van der Waals surface area (Å²) in [6.07, 6.45) is 0. The Morgan fingerprint density at radius 2 is 1.94 bits per heavy atom. The van der Waals surface area contributed by atoms with Crippen molar-refractivity contribution in [3.05, 3.63) is 35.6 Å². The van der Waals surface area contributed by atoms with Gasteiger partial charge in [0.15, 0.2) is 0 Å². The van der Waals surface area contributed by atoms with Crippen LogP contribution in [-0.2, 0) is 4.79 Å². The lowest BCUT2D eigenvalue weighted by Crippen LogP contribution is -2.20. The average Bonchev–Trinajstić information content (AvgIpc) is 2.67. The van der Waals surface area contributed by atoms with Gasteiger partial charge in [0.2, 0.25) is 0 Å². The standard InChI is InChI=1S/C11H12FNO2.ClH/c12-8-3-1-7(2-4-8)9-5-13-6-10(9)11(14)15;/h1-4,9-10,13H,5-6H2,(H,14,15);1H/t9-,10+;/m1./s1. The van der Waals surface area contributed by atoms with E-state index in [0.717, 1.165) is 5.56 Å². The van der Waals surface area contributed by atoms with E-state index in [0.29, 0.717) is 13.1 Å². The molecule has 1 saturated heterocycles. The van der Waals surface area contributed by atoms with Crippen LogP contribution in [0.1, 0.15) is 11.5 Å². The summed E-state index contributed by atoms with van der Waals surface area (Å²) in [5.41, 5.74) is 0.883. The van der Waals surface area contributed by atoms with Crippen LogP contribution in [0.25, 0.3) is 0 Å². The second-order valence-corrected chi connectivity index (χ2v) is 3.76. The normalized spacial score (nSPS) is 23.8. The summed E-state index contributed by atoms with van der Waals surface area (Å²) in [4.78, 5) is 10.9. The number of carbonyl (C=O) groups is 1. The molecule has 0 aliphatic carbocycles. The quantitative estimate of drug-likeness (QED) is 0.833. The molecule has 88 valence electrons. The molecule has 3 nitrogen and oxygen atoms in total. The van der Waals surface area contributed by atoms with Crippen LogP contribution < -0.4 is 5.32 Å². The Morgan fingerprint density at radius 3 is 2.50 bits per heavy atom. The highest BCUT2D eigenvalue weighted by atomic mass is 35.5. The molecular weight excluding hydrogens is 233 g/mol. The van der Waals surface area contributed by atoms with Crippen LogP contribution in [0.3, 0.4) is 0 Å². The van der Waals surface area contributed by atoms with Crippen molar-refractivity contribution in [1.82, 2.24) is 5.32 Å². The van der Waals surface area contributed by atoms with Gasteiger partial charge < -0.3 is 10.4 Å². The monoisotopic (exact) mass is 245 g/mol. The number of halogens is 2. The first kappa shape index (κ1) is 12.9. The topological polar surface area (TPSA) is 49.3 Å². The smallest absolute Gasteiger partial charge is 0.308 e. The molecule has 2 rings (SSSR count). The predicted molar refractivity (Wildman–Crippen MR) is 60.4 cm³/mol. The van der Waals surface area contributed by atoms with Gasteiger partial charge in [-0.25, -0.2) is 4.39 Å². The Bertz CT molecular complexity index is 369. The van der Waals surface area contributed by atoms with E-state index in [1.165, 1.54) is 12.1 Å². The maximum atomic E-state index is 12.7. The van der Waals surface area contributed by atoms with E-state index < -0.39 is 11.9 Å². The van der Waals surface area contributed by atoms with Crippen molar-refractivity contribution in [1.29, 1.82) is 0 Å². The Hall–Kier alpha value is -1.13. The van der Waals surface area contributed by atoms with Crippen LogP contribution in [0.5, 0.6) is 0 Å². The van der Waals surface area contributed by atoms with Gasteiger partial charge in [-0.15, -0.1) is 12.4 Å². The summed E-state index contributed by atoms with van der Waals surface area (Å²) in [6, 6.07) is 6.05. The molecular formula is C11H13ClFNO2. The van der Waals surface area contributed by atoms with Gasteiger partial charge in [-0.3, -0.25) is 4.79 Å². The second kappa shape index (κ2) is 5.27. The van der Waals surface area contributed by atoms with Crippen LogP contribution in [0.4, 0.5) is 4.39 Å². The molecule has 0 aromatic heterocycles. The predicted octanol–water partition coefficient (Wildman–Crippen LogP) is 1.64. The van der Waals surface area contributed by atoms with E-state index in [4.69, 9.17) is 5.11 Å². The maximum absolute atomic E-state index is 12.7. The van der Waals surface area contributed by atoms with Gasteiger partial charge in [-0.2, -0.15) is 0 Å². The van der Waals surface area contributed by atoms with Crippen molar-refractivity contribution in [2.24, 2.45) is 5.92 Å². The molecule has 1 fully saturated rings. The van der Waals surface area contributed by atoms with Gasteiger partial charge in [0.1, 0.15) is 5.82 Å². The Balaban J connectivity index is 0.00000128. The minimum absolute atomic E-state index is 0. The number of carboxylic acid groups (broad SMARTS) is 1. The third-order valence-corrected chi connectivity index (χ3v) is 2.83. The molecule has 0 spiro atoms. The largest absolute Gasteiger partial charge is 0.481 e. The zero-order valence-corrected chi connectivity index (χ0v) is 9.34. The molecule has 1 aliphatic heterocycles. The highest BCUT2D eigenvalue weighted by Gasteiger charge is 2.33. The number of aliphatic carboxylic acids is 1. The van der Waals surface area contributed by atoms with Gasteiger partial charge >= 0.3 is 5.97 Å². The van der Waals surface area contributed by atoms with Crippen molar-refractivity contribution in [2.45, 2.75) is 5.92 Å². The molecule has 1 aromatic rings. The lowest BCUT2D eigenvalue weighted by Gasteiger charge is -2.14. The van der Waals surface area contributed by atoms with E-state index in [-0.39, 0.29) is 24.1 Å². The summed E-state index contributed by atoms with van der Waals surface area (Å²) in [6.45, 7) is 1.12. The first-order chi connectivity index (χ1) is 7.18. The van der Waals surface area contributed by atoms with E-state index in [9.17, 15) is 9.18 Å². The van der Waals surface area contributed by atoms with Crippen molar-refractivity contribution < 1.29 is 14.3 Å². The van der Waals surface area contributed by atoms with E-state index in [1.807, 2.05) is 0 Å². The third-order valence-electron chi connectivity index (χ3n) is 2.83. The average molecular weight is 246 g/mol. The minimum Gasteiger partial charge on any atom is -0.481 e. The van der Waals surface area contributed by atoms with Gasteiger partial charge in [0, 0.05) is 19.0 Å².